The van der Waals surface area contributed by atoms with E-state index >= 15 is 0 Å². The number of carbonyl (C=O) groups is 1. The number of aromatic nitrogens is 1. The summed E-state index contributed by atoms with van der Waals surface area (Å²) in [5.41, 5.74) is -0.211. The molecule has 2 N–H and O–H groups in total. The molecule has 0 saturated heterocycles. The number of nitrogens with zero attached hydrogens (tertiary/aromatic N) is 2. The van der Waals surface area contributed by atoms with Crippen LogP contribution < -0.4 is 10.6 Å². The molecule has 2 rings (SSSR count). The van der Waals surface area contributed by atoms with Gasteiger partial charge < -0.3 is 10.6 Å². The van der Waals surface area contributed by atoms with Gasteiger partial charge in [0.05, 0.1) is 4.92 Å². The minimum Gasteiger partial charge on any atom is -0.370 e. The summed E-state index contributed by atoms with van der Waals surface area (Å²) in [5, 5.41) is 16.7. The monoisotopic (exact) mass is 292 g/mol. The SMILES string of the molecule is CCNc1cc(C(=O)NCCC2CCC2)c([N+](=O)[O-])cn1. The molecule has 0 unspecified atom stereocenters. The van der Waals surface area contributed by atoms with Crippen LogP contribution in [0.3, 0.4) is 0 Å². The van der Waals surface area contributed by atoms with E-state index in [1.54, 1.807) is 0 Å². The predicted molar refractivity (Wildman–Crippen MR) is 79.3 cm³/mol. The van der Waals surface area contributed by atoms with Crippen LogP contribution in [0.25, 0.3) is 0 Å². The third kappa shape index (κ3) is 3.90. The maximum atomic E-state index is 12.1. The molecule has 1 aromatic heterocycles. The van der Waals surface area contributed by atoms with Crippen molar-refractivity contribution >= 4 is 17.4 Å². The lowest BCUT2D eigenvalue weighted by atomic mass is 9.83. The molecular weight excluding hydrogens is 272 g/mol. The molecule has 0 atom stereocenters. The molecule has 1 aliphatic rings. The van der Waals surface area contributed by atoms with Crippen LogP contribution in [0.2, 0.25) is 0 Å². The predicted octanol–water partition coefficient (Wildman–Crippen LogP) is 2.34. The zero-order valence-electron chi connectivity index (χ0n) is 12.1. The molecule has 0 bridgehead atoms. The normalized spacial score (nSPS) is 14.3. The van der Waals surface area contributed by atoms with Crippen molar-refractivity contribution in [1.82, 2.24) is 10.3 Å². The summed E-state index contributed by atoms with van der Waals surface area (Å²) in [6.45, 7) is 3.08. The summed E-state index contributed by atoms with van der Waals surface area (Å²) in [5.74, 6) is 0.741. The Bertz CT molecular complexity index is 529. The van der Waals surface area contributed by atoms with Gasteiger partial charge in [0.15, 0.2) is 0 Å². The van der Waals surface area contributed by atoms with Crippen LogP contribution in [0, 0.1) is 16.0 Å². The fraction of sp³-hybridized carbons (Fsp3) is 0.571. The third-order valence-electron chi connectivity index (χ3n) is 3.75. The Kier molecular flexibility index (Phi) is 5.08. The minimum atomic E-state index is -0.580. The van der Waals surface area contributed by atoms with E-state index in [2.05, 4.69) is 15.6 Å². The van der Waals surface area contributed by atoms with Crippen LogP contribution >= 0.6 is 0 Å². The first-order valence-electron chi connectivity index (χ1n) is 7.28. The Morgan fingerprint density at radius 1 is 1.52 bits per heavy atom. The molecule has 7 nitrogen and oxygen atoms in total. The van der Waals surface area contributed by atoms with Crippen molar-refractivity contribution in [2.45, 2.75) is 32.6 Å². The van der Waals surface area contributed by atoms with Crippen LogP contribution in [-0.4, -0.2) is 28.9 Å². The van der Waals surface area contributed by atoms with Gasteiger partial charge in [-0.05, 0) is 19.3 Å². The summed E-state index contributed by atoms with van der Waals surface area (Å²) >= 11 is 0. The molecule has 1 aliphatic carbocycles. The summed E-state index contributed by atoms with van der Waals surface area (Å²) in [7, 11) is 0. The van der Waals surface area contributed by atoms with Crippen LogP contribution in [0.15, 0.2) is 12.3 Å². The lowest BCUT2D eigenvalue weighted by Crippen LogP contribution is -2.28. The van der Waals surface area contributed by atoms with Crippen LogP contribution in [0.5, 0.6) is 0 Å². The van der Waals surface area contributed by atoms with Gasteiger partial charge in [0.25, 0.3) is 11.6 Å². The van der Waals surface area contributed by atoms with Crippen LogP contribution in [-0.2, 0) is 0 Å². The fourth-order valence-electron chi connectivity index (χ4n) is 2.32. The summed E-state index contributed by atoms with van der Waals surface area (Å²) in [6.07, 6.45) is 5.76. The highest BCUT2D eigenvalue weighted by Gasteiger charge is 2.22. The highest BCUT2D eigenvalue weighted by atomic mass is 16.6. The maximum absolute atomic E-state index is 12.1. The van der Waals surface area contributed by atoms with E-state index in [-0.39, 0.29) is 11.3 Å². The Morgan fingerprint density at radius 3 is 2.86 bits per heavy atom. The topological polar surface area (TPSA) is 97.2 Å². The van der Waals surface area contributed by atoms with Gasteiger partial charge in [-0.25, -0.2) is 4.98 Å². The molecule has 0 aromatic carbocycles. The number of amides is 1. The van der Waals surface area contributed by atoms with E-state index in [1.807, 2.05) is 6.92 Å². The van der Waals surface area contributed by atoms with Crippen molar-refractivity contribution in [2.75, 3.05) is 18.4 Å². The quantitative estimate of drug-likeness (QED) is 0.594. The first-order valence-corrected chi connectivity index (χ1v) is 7.28. The van der Waals surface area contributed by atoms with Crippen LogP contribution in [0.4, 0.5) is 11.5 Å². The number of rotatable bonds is 7. The van der Waals surface area contributed by atoms with Crippen LogP contribution in [0.1, 0.15) is 43.0 Å². The molecule has 0 radical (unpaired) electrons. The molecule has 1 heterocycles. The molecule has 1 aromatic rings. The second-order valence-electron chi connectivity index (χ2n) is 5.22. The highest BCUT2D eigenvalue weighted by molar-refractivity contribution is 5.98. The van der Waals surface area contributed by atoms with Crippen molar-refractivity contribution in [3.8, 4) is 0 Å². The first-order chi connectivity index (χ1) is 10.1. The van der Waals surface area contributed by atoms with Gasteiger partial charge in [-0.1, -0.05) is 19.3 Å². The van der Waals surface area contributed by atoms with Crippen molar-refractivity contribution in [2.24, 2.45) is 5.92 Å². The minimum absolute atomic E-state index is 0.0551. The molecule has 1 amide bonds. The zero-order chi connectivity index (χ0) is 15.2. The molecule has 114 valence electrons. The molecule has 0 aliphatic heterocycles. The third-order valence-corrected chi connectivity index (χ3v) is 3.75. The fourth-order valence-corrected chi connectivity index (χ4v) is 2.32. The number of carbonyl (C=O) groups excluding carboxylic acids is 1. The first kappa shape index (κ1) is 15.2. The Labute approximate surface area is 123 Å². The van der Waals surface area contributed by atoms with Crippen molar-refractivity contribution in [3.05, 3.63) is 27.9 Å². The summed E-state index contributed by atoms with van der Waals surface area (Å²) < 4.78 is 0. The van der Waals surface area contributed by atoms with Gasteiger partial charge in [-0.3, -0.25) is 14.9 Å². The summed E-state index contributed by atoms with van der Waals surface area (Å²) in [4.78, 5) is 26.5. The largest absolute Gasteiger partial charge is 0.370 e. The van der Waals surface area contributed by atoms with Gasteiger partial charge in [-0.2, -0.15) is 0 Å². The molecule has 1 saturated carbocycles. The van der Waals surface area contributed by atoms with Crippen molar-refractivity contribution < 1.29 is 9.72 Å². The van der Waals surface area contributed by atoms with Crippen molar-refractivity contribution in [1.29, 1.82) is 0 Å². The van der Waals surface area contributed by atoms with Gasteiger partial charge in [0.1, 0.15) is 17.6 Å². The number of nitro groups is 1. The van der Waals surface area contributed by atoms with E-state index in [0.29, 0.717) is 24.8 Å². The molecule has 21 heavy (non-hydrogen) atoms. The van der Waals surface area contributed by atoms with Gasteiger partial charge in [-0.15, -0.1) is 0 Å². The van der Waals surface area contributed by atoms with Gasteiger partial charge in [0.2, 0.25) is 0 Å². The average molecular weight is 292 g/mol. The Morgan fingerprint density at radius 2 is 2.29 bits per heavy atom. The van der Waals surface area contributed by atoms with Crippen molar-refractivity contribution in [3.63, 3.8) is 0 Å². The molecular formula is C14H20N4O3. The lowest BCUT2D eigenvalue weighted by Gasteiger charge is -2.25. The van der Waals surface area contributed by atoms with E-state index in [1.165, 1.54) is 25.3 Å². The second kappa shape index (κ2) is 7.01. The Balaban J connectivity index is 2.04. The second-order valence-corrected chi connectivity index (χ2v) is 5.22. The number of pyridine rings is 1. The summed E-state index contributed by atoms with van der Waals surface area (Å²) in [6, 6.07) is 1.43. The van der Waals surface area contributed by atoms with Gasteiger partial charge in [0, 0.05) is 19.2 Å². The van der Waals surface area contributed by atoms with Gasteiger partial charge >= 0.3 is 0 Å². The Hall–Kier alpha value is -2.18. The maximum Gasteiger partial charge on any atom is 0.300 e. The molecule has 0 spiro atoms. The van der Waals surface area contributed by atoms with E-state index in [9.17, 15) is 14.9 Å². The zero-order valence-corrected chi connectivity index (χ0v) is 12.1. The smallest absolute Gasteiger partial charge is 0.300 e. The number of hydrogen-bond acceptors (Lipinski definition) is 5. The number of anilines is 1. The van der Waals surface area contributed by atoms with E-state index in [4.69, 9.17) is 0 Å². The number of hydrogen-bond donors (Lipinski definition) is 2. The number of nitrogens with one attached hydrogen (secondary N) is 2. The van der Waals surface area contributed by atoms with E-state index in [0.717, 1.165) is 12.6 Å². The standard InChI is InChI=1S/C14H20N4O3/c1-2-15-13-8-11(12(9-17-13)18(20)21)14(19)16-7-6-10-4-3-5-10/h8-10H,2-7H2,1H3,(H,15,17)(H,16,19). The average Bonchev–Trinajstić information content (AvgIpc) is 2.41. The highest BCUT2D eigenvalue weighted by Crippen LogP contribution is 2.28. The molecule has 1 fully saturated rings. The molecule has 7 heteroatoms. The lowest BCUT2D eigenvalue weighted by molar-refractivity contribution is -0.385. The van der Waals surface area contributed by atoms with E-state index < -0.39 is 10.8 Å².